The Kier molecular flexibility index (Phi) is 5.14. The molecule has 0 amide bonds. The molecule has 0 aromatic rings. The summed E-state index contributed by atoms with van der Waals surface area (Å²) in [5, 5.41) is 0. The van der Waals surface area contributed by atoms with Crippen LogP contribution in [-0.4, -0.2) is 53.0 Å². The van der Waals surface area contributed by atoms with Gasteiger partial charge in [-0.2, -0.15) is 0 Å². The molecule has 4 bridgehead atoms. The maximum Gasteiger partial charge on any atom is 0.315 e. The maximum atomic E-state index is 13.7. The molecule has 5 fully saturated rings. The number of esters is 2. The van der Waals surface area contributed by atoms with Crippen molar-refractivity contribution in [2.24, 2.45) is 28.6 Å². The van der Waals surface area contributed by atoms with E-state index < -0.39 is 33.6 Å². The minimum atomic E-state index is -1.92. The standard InChI is InChI=1S/C26H42O6Si2/c1-16-14-24-15-25(16,32-34(7,8)9)12-10-17(24)26-13-11-18(31-33(4,5)6)23(2,22(28)30-26)20(26)19(24)21(27)29-3/h17-20H,1,10-15H2,2-9H3/t17-,18-,19-,20-,23?,24+,25+,26-/m1/s1. The van der Waals surface area contributed by atoms with Gasteiger partial charge in [-0.15, -0.1) is 0 Å². The summed E-state index contributed by atoms with van der Waals surface area (Å²) in [5.74, 6) is -0.947. The van der Waals surface area contributed by atoms with Crippen molar-refractivity contribution in [3.63, 3.8) is 0 Å². The summed E-state index contributed by atoms with van der Waals surface area (Å²) in [5.41, 5.74) is -1.09. The lowest BCUT2D eigenvalue weighted by Gasteiger charge is -2.48. The van der Waals surface area contributed by atoms with E-state index in [1.807, 2.05) is 6.92 Å². The first-order chi connectivity index (χ1) is 15.5. The van der Waals surface area contributed by atoms with E-state index in [4.69, 9.17) is 18.3 Å². The molecular weight excluding hydrogens is 464 g/mol. The first kappa shape index (κ1) is 24.7. The summed E-state index contributed by atoms with van der Waals surface area (Å²) in [6.45, 7) is 19.7. The van der Waals surface area contributed by atoms with E-state index in [-0.39, 0.29) is 40.9 Å². The Balaban J connectivity index is 1.65. The maximum absolute atomic E-state index is 13.7. The molecule has 0 aromatic carbocycles. The predicted octanol–water partition coefficient (Wildman–Crippen LogP) is 5.06. The second kappa shape index (κ2) is 7.08. The van der Waals surface area contributed by atoms with Crippen molar-refractivity contribution in [1.82, 2.24) is 0 Å². The van der Waals surface area contributed by atoms with Gasteiger partial charge in [-0.1, -0.05) is 6.58 Å². The number of ether oxygens (including phenoxy) is 2. The number of carbonyl (C=O) groups is 2. The summed E-state index contributed by atoms with van der Waals surface area (Å²) >= 11 is 0. The second-order valence-electron chi connectivity index (χ2n) is 13.9. The molecule has 1 spiro atoms. The fourth-order valence-corrected chi connectivity index (χ4v) is 11.8. The molecule has 4 aliphatic carbocycles. The van der Waals surface area contributed by atoms with E-state index >= 15 is 0 Å². The van der Waals surface area contributed by atoms with Crippen LogP contribution in [0.1, 0.15) is 45.4 Å². The number of carbonyl (C=O) groups excluding carboxylic acids is 2. The number of fused-ring (bicyclic) bond motifs is 1. The molecule has 5 rings (SSSR count). The molecule has 1 unspecified atom stereocenters. The van der Waals surface area contributed by atoms with Gasteiger partial charge in [-0.25, -0.2) is 0 Å². The third kappa shape index (κ3) is 3.04. The highest BCUT2D eigenvalue weighted by molar-refractivity contribution is 6.70. The zero-order valence-corrected chi connectivity index (χ0v) is 24.2. The van der Waals surface area contributed by atoms with Gasteiger partial charge in [0.2, 0.25) is 0 Å². The summed E-state index contributed by atoms with van der Waals surface area (Å²) in [6.07, 6.45) is 4.60. The van der Waals surface area contributed by atoms with Crippen LogP contribution in [0, 0.1) is 28.6 Å². The summed E-state index contributed by atoms with van der Waals surface area (Å²) in [7, 11) is -2.31. The van der Waals surface area contributed by atoms with E-state index in [9.17, 15) is 9.59 Å². The highest BCUT2D eigenvalue weighted by atomic mass is 28.4. The number of hydrogen-bond acceptors (Lipinski definition) is 6. The van der Waals surface area contributed by atoms with E-state index in [2.05, 4.69) is 45.9 Å². The van der Waals surface area contributed by atoms with Crippen molar-refractivity contribution in [3.05, 3.63) is 12.2 Å². The molecule has 8 atom stereocenters. The van der Waals surface area contributed by atoms with Crippen LogP contribution in [0.25, 0.3) is 0 Å². The van der Waals surface area contributed by atoms with Gasteiger partial charge in [0, 0.05) is 11.8 Å². The van der Waals surface area contributed by atoms with Crippen molar-refractivity contribution >= 4 is 28.6 Å². The monoisotopic (exact) mass is 506 g/mol. The Bertz CT molecular complexity index is 952. The van der Waals surface area contributed by atoms with Crippen molar-refractivity contribution in [2.75, 3.05) is 7.11 Å². The smallest absolute Gasteiger partial charge is 0.315 e. The van der Waals surface area contributed by atoms with Gasteiger partial charge >= 0.3 is 11.9 Å². The van der Waals surface area contributed by atoms with Crippen LogP contribution in [-0.2, 0) is 27.9 Å². The lowest BCUT2D eigenvalue weighted by atomic mass is 9.59. The molecule has 1 aliphatic heterocycles. The zero-order chi connectivity index (χ0) is 25.1. The molecule has 4 saturated carbocycles. The van der Waals surface area contributed by atoms with Crippen molar-refractivity contribution in [1.29, 1.82) is 0 Å². The van der Waals surface area contributed by atoms with Gasteiger partial charge in [-0.05, 0) is 95.7 Å². The molecule has 1 saturated heterocycles. The van der Waals surface area contributed by atoms with Crippen LogP contribution in [0.2, 0.25) is 39.3 Å². The highest BCUT2D eigenvalue weighted by Crippen LogP contribution is 2.79. The topological polar surface area (TPSA) is 71.1 Å². The molecule has 5 aliphatic rings. The normalized spacial score (nSPS) is 47.3. The second-order valence-corrected chi connectivity index (χ2v) is 22.7. The average molecular weight is 507 g/mol. The van der Waals surface area contributed by atoms with Crippen LogP contribution in [0.3, 0.4) is 0 Å². The lowest BCUT2D eigenvalue weighted by Crippen LogP contribution is -2.56. The summed E-state index contributed by atoms with van der Waals surface area (Å²) in [6, 6.07) is 0. The first-order valence-corrected chi connectivity index (χ1v) is 19.7. The number of rotatable bonds is 5. The molecule has 34 heavy (non-hydrogen) atoms. The first-order valence-electron chi connectivity index (χ1n) is 12.9. The zero-order valence-electron chi connectivity index (χ0n) is 22.2. The average Bonchev–Trinajstić information content (AvgIpc) is 3.12. The van der Waals surface area contributed by atoms with E-state index in [1.165, 1.54) is 7.11 Å². The number of hydrogen-bond donors (Lipinski definition) is 0. The SMILES string of the molecule is C=C1C[C@]23C[C@@]1(O[Si](C)(C)C)CC[C@H]2[C@@]12CC[C@@H](O[Si](C)(C)C)C(C)(C(=O)O1)[C@H]2[C@@H]3C(=O)OC. The Labute approximate surface area is 206 Å². The van der Waals surface area contributed by atoms with E-state index in [1.54, 1.807) is 0 Å². The molecule has 190 valence electrons. The Morgan fingerprint density at radius 2 is 1.76 bits per heavy atom. The van der Waals surface area contributed by atoms with Crippen molar-refractivity contribution in [2.45, 2.75) is 102 Å². The fourth-order valence-electron chi connectivity index (χ4n) is 9.07. The van der Waals surface area contributed by atoms with Crippen LogP contribution < -0.4 is 0 Å². The number of methoxy groups -OCH3 is 1. The van der Waals surface area contributed by atoms with Gasteiger partial charge in [0.15, 0.2) is 16.6 Å². The molecule has 0 radical (unpaired) electrons. The van der Waals surface area contributed by atoms with E-state index in [0.29, 0.717) is 0 Å². The van der Waals surface area contributed by atoms with Crippen LogP contribution >= 0.6 is 0 Å². The molecule has 0 aromatic heterocycles. The van der Waals surface area contributed by atoms with Gasteiger partial charge in [0.1, 0.15) is 5.60 Å². The molecule has 8 heteroatoms. The fraction of sp³-hybridized carbons (Fsp3) is 0.846. The van der Waals surface area contributed by atoms with E-state index in [0.717, 1.165) is 44.1 Å². The third-order valence-electron chi connectivity index (χ3n) is 9.69. The molecule has 6 nitrogen and oxygen atoms in total. The van der Waals surface area contributed by atoms with Crippen molar-refractivity contribution in [3.8, 4) is 0 Å². The minimum absolute atomic E-state index is 0.116. The highest BCUT2D eigenvalue weighted by Gasteiger charge is 2.84. The van der Waals surface area contributed by atoms with Crippen LogP contribution in [0.4, 0.5) is 0 Å². The Morgan fingerprint density at radius 1 is 1.09 bits per heavy atom. The Morgan fingerprint density at radius 3 is 2.35 bits per heavy atom. The minimum Gasteiger partial charge on any atom is -0.469 e. The van der Waals surface area contributed by atoms with Gasteiger partial charge in [0.25, 0.3) is 0 Å². The molecular formula is C26H42O6Si2. The summed E-state index contributed by atoms with van der Waals surface area (Å²) in [4.78, 5) is 27.3. The van der Waals surface area contributed by atoms with Crippen LogP contribution in [0.15, 0.2) is 12.2 Å². The van der Waals surface area contributed by atoms with Crippen molar-refractivity contribution < 1.29 is 27.9 Å². The van der Waals surface area contributed by atoms with Gasteiger partial charge < -0.3 is 18.3 Å². The summed E-state index contributed by atoms with van der Waals surface area (Å²) < 4.78 is 25.5. The molecule has 1 heterocycles. The molecule has 0 N–H and O–H groups in total. The van der Waals surface area contributed by atoms with Gasteiger partial charge in [0.05, 0.1) is 30.1 Å². The van der Waals surface area contributed by atoms with Crippen LogP contribution in [0.5, 0.6) is 0 Å². The van der Waals surface area contributed by atoms with Gasteiger partial charge in [-0.3, -0.25) is 9.59 Å². The lowest BCUT2D eigenvalue weighted by molar-refractivity contribution is -0.164. The Hall–Kier alpha value is -0.966. The quantitative estimate of drug-likeness (QED) is 0.295. The third-order valence-corrected chi connectivity index (χ3v) is 11.7. The largest absolute Gasteiger partial charge is 0.469 e. The predicted molar refractivity (Wildman–Crippen MR) is 134 cm³/mol.